The lowest BCUT2D eigenvalue weighted by molar-refractivity contribution is -0.143. The van der Waals surface area contributed by atoms with E-state index >= 15 is 0 Å². The molecule has 0 bridgehead atoms. The van der Waals surface area contributed by atoms with Gasteiger partial charge in [-0.2, -0.15) is 0 Å². The van der Waals surface area contributed by atoms with Crippen LogP contribution in [-0.4, -0.2) is 35.3 Å². The molecule has 1 heterocycles. The van der Waals surface area contributed by atoms with E-state index in [0.29, 0.717) is 18.0 Å². The summed E-state index contributed by atoms with van der Waals surface area (Å²) in [5.74, 6) is -0.703. The molecule has 0 aromatic heterocycles. The van der Waals surface area contributed by atoms with Crippen molar-refractivity contribution in [2.24, 2.45) is 5.92 Å². The van der Waals surface area contributed by atoms with E-state index in [1.807, 2.05) is 6.92 Å². The third-order valence-electron chi connectivity index (χ3n) is 6.41. The molecule has 1 aliphatic carbocycles. The molecular weight excluding hydrogens is 423 g/mol. The Morgan fingerprint density at radius 3 is 2.33 bits per heavy atom. The summed E-state index contributed by atoms with van der Waals surface area (Å²) in [4.78, 5) is 42.5. The van der Waals surface area contributed by atoms with Crippen molar-refractivity contribution < 1.29 is 23.5 Å². The maximum Gasteiger partial charge on any atom is 0.257 e. The molecule has 1 unspecified atom stereocenters. The van der Waals surface area contributed by atoms with E-state index in [1.54, 1.807) is 36.4 Å². The van der Waals surface area contributed by atoms with E-state index in [4.69, 9.17) is 4.74 Å². The number of rotatable bonds is 7. The second kappa shape index (κ2) is 10.1. The molecule has 0 spiro atoms. The fourth-order valence-corrected chi connectivity index (χ4v) is 4.70. The quantitative estimate of drug-likeness (QED) is 0.582. The molecule has 0 radical (unpaired) electrons. The highest BCUT2D eigenvalue weighted by molar-refractivity contribution is 6.23. The number of nitrogens with zero attached hydrogens (tertiary/aromatic N) is 2. The topological polar surface area (TPSA) is 66.9 Å². The summed E-state index contributed by atoms with van der Waals surface area (Å²) in [6.45, 7) is 2.56. The van der Waals surface area contributed by atoms with Gasteiger partial charge in [0, 0.05) is 12.5 Å². The SMILES string of the molecule is CCOc1ccc(N2C(=O)CC(N(Cc3ccc(F)cc3)C(=O)C3CCCCC3)C2=O)cc1. The van der Waals surface area contributed by atoms with Crippen molar-refractivity contribution >= 4 is 23.4 Å². The molecule has 1 saturated carbocycles. The van der Waals surface area contributed by atoms with E-state index in [-0.39, 0.29) is 36.5 Å². The number of carbonyl (C=O) groups is 3. The lowest BCUT2D eigenvalue weighted by Crippen LogP contribution is -2.47. The van der Waals surface area contributed by atoms with Gasteiger partial charge in [-0.3, -0.25) is 14.4 Å². The Bertz CT molecular complexity index is 1000. The fourth-order valence-electron chi connectivity index (χ4n) is 4.70. The van der Waals surface area contributed by atoms with Crippen LogP contribution in [0.5, 0.6) is 5.75 Å². The predicted octanol–water partition coefficient (Wildman–Crippen LogP) is 4.47. The van der Waals surface area contributed by atoms with Crippen LogP contribution in [0.15, 0.2) is 48.5 Å². The molecule has 2 aromatic rings. The summed E-state index contributed by atoms with van der Waals surface area (Å²) >= 11 is 0. The number of amides is 3. The molecule has 2 fully saturated rings. The van der Waals surface area contributed by atoms with E-state index in [1.165, 1.54) is 17.0 Å². The molecule has 3 amide bonds. The van der Waals surface area contributed by atoms with Crippen LogP contribution in [0.4, 0.5) is 10.1 Å². The van der Waals surface area contributed by atoms with Crippen LogP contribution >= 0.6 is 0 Å². The molecule has 174 valence electrons. The van der Waals surface area contributed by atoms with Crippen molar-refractivity contribution in [2.45, 2.75) is 58.0 Å². The number of benzene rings is 2. The number of hydrogen-bond donors (Lipinski definition) is 0. The number of carbonyl (C=O) groups excluding carboxylic acids is 3. The third-order valence-corrected chi connectivity index (χ3v) is 6.41. The number of imide groups is 1. The van der Waals surface area contributed by atoms with Crippen molar-refractivity contribution in [2.75, 3.05) is 11.5 Å². The number of hydrogen-bond acceptors (Lipinski definition) is 4. The molecule has 0 N–H and O–H groups in total. The molecule has 2 aliphatic rings. The molecule has 7 heteroatoms. The third kappa shape index (κ3) is 5.07. The first-order chi connectivity index (χ1) is 16.0. The highest BCUT2D eigenvalue weighted by atomic mass is 19.1. The first-order valence-corrected chi connectivity index (χ1v) is 11.6. The molecule has 6 nitrogen and oxygen atoms in total. The van der Waals surface area contributed by atoms with Crippen LogP contribution in [0, 0.1) is 11.7 Å². The zero-order valence-electron chi connectivity index (χ0n) is 18.8. The molecule has 33 heavy (non-hydrogen) atoms. The minimum Gasteiger partial charge on any atom is -0.494 e. The van der Waals surface area contributed by atoms with Crippen LogP contribution in [0.25, 0.3) is 0 Å². The van der Waals surface area contributed by atoms with Crippen molar-refractivity contribution in [1.29, 1.82) is 0 Å². The van der Waals surface area contributed by atoms with Crippen LogP contribution < -0.4 is 9.64 Å². The van der Waals surface area contributed by atoms with Crippen molar-refractivity contribution in [3.63, 3.8) is 0 Å². The van der Waals surface area contributed by atoms with Gasteiger partial charge in [-0.15, -0.1) is 0 Å². The first-order valence-electron chi connectivity index (χ1n) is 11.6. The maximum absolute atomic E-state index is 13.5. The highest BCUT2D eigenvalue weighted by Crippen LogP contribution is 2.32. The number of ether oxygens (including phenoxy) is 1. The van der Waals surface area contributed by atoms with Crippen LogP contribution in [0.1, 0.15) is 51.0 Å². The summed E-state index contributed by atoms with van der Waals surface area (Å²) in [5, 5.41) is 0. The average molecular weight is 453 g/mol. The second-order valence-electron chi connectivity index (χ2n) is 8.64. The van der Waals surface area contributed by atoms with Gasteiger partial charge in [0.2, 0.25) is 11.8 Å². The summed E-state index contributed by atoms with van der Waals surface area (Å²) in [6, 6.07) is 11.8. The first kappa shape index (κ1) is 23.0. The molecule has 2 aromatic carbocycles. The minimum atomic E-state index is -0.872. The Kier molecular flexibility index (Phi) is 7.06. The summed E-state index contributed by atoms with van der Waals surface area (Å²) in [7, 11) is 0. The van der Waals surface area contributed by atoms with E-state index in [0.717, 1.165) is 42.6 Å². The van der Waals surface area contributed by atoms with Crippen LogP contribution in [0.3, 0.4) is 0 Å². The molecule has 1 atom stereocenters. The Morgan fingerprint density at radius 2 is 1.70 bits per heavy atom. The van der Waals surface area contributed by atoms with Gasteiger partial charge in [0.05, 0.1) is 18.7 Å². The monoisotopic (exact) mass is 452 g/mol. The van der Waals surface area contributed by atoms with Crippen molar-refractivity contribution in [3.8, 4) is 5.75 Å². The van der Waals surface area contributed by atoms with Gasteiger partial charge >= 0.3 is 0 Å². The maximum atomic E-state index is 13.5. The smallest absolute Gasteiger partial charge is 0.257 e. The Balaban J connectivity index is 1.60. The van der Waals surface area contributed by atoms with Crippen LogP contribution in [-0.2, 0) is 20.9 Å². The van der Waals surface area contributed by atoms with Gasteiger partial charge < -0.3 is 9.64 Å². The fraction of sp³-hybridized carbons (Fsp3) is 0.423. The average Bonchev–Trinajstić information content (AvgIpc) is 3.13. The van der Waals surface area contributed by atoms with E-state index in [9.17, 15) is 18.8 Å². The zero-order chi connectivity index (χ0) is 23.4. The Hall–Kier alpha value is -3.22. The Labute approximate surface area is 193 Å². The summed E-state index contributed by atoms with van der Waals surface area (Å²) in [5.41, 5.74) is 1.18. The van der Waals surface area contributed by atoms with Gasteiger partial charge in [0.25, 0.3) is 5.91 Å². The summed E-state index contributed by atoms with van der Waals surface area (Å²) < 4.78 is 18.9. The zero-order valence-corrected chi connectivity index (χ0v) is 18.8. The normalized spacial score (nSPS) is 19.1. The van der Waals surface area contributed by atoms with Gasteiger partial charge in [0.15, 0.2) is 0 Å². The highest BCUT2D eigenvalue weighted by Gasteiger charge is 2.45. The van der Waals surface area contributed by atoms with Crippen molar-refractivity contribution in [1.82, 2.24) is 4.90 Å². The molecule has 1 saturated heterocycles. The van der Waals surface area contributed by atoms with Gasteiger partial charge in [0.1, 0.15) is 17.6 Å². The summed E-state index contributed by atoms with van der Waals surface area (Å²) in [6.07, 6.45) is 4.58. The Morgan fingerprint density at radius 1 is 1.03 bits per heavy atom. The lowest BCUT2D eigenvalue weighted by Gasteiger charge is -2.32. The lowest BCUT2D eigenvalue weighted by atomic mass is 9.87. The van der Waals surface area contributed by atoms with E-state index in [2.05, 4.69) is 0 Å². The number of halogens is 1. The molecule has 4 rings (SSSR count). The standard InChI is InChI=1S/C26H29FN2O4/c1-2-33-22-14-12-21(13-15-22)29-24(30)16-23(26(29)32)28(17-18-8-10-20(27)11-9-18)25(31)19-6-4-3-5-7-19/h8-15,19,23H,2-7,16-17H2,1H3. The van der Waals surface area contributed by atoms with Gasteiger partial charge in [-0.05, 0) is 61.7 Å². The minimum absolute atomic E-state index is 0.0638. The van der Waals surface area contributed by atoms with Gasteiger partial charge in [-0.1, -0.05) is 31.4 Å². The molecular formula is C26H29FN2O4. The van der Waals surface area contributed by atoms with E-state index < -0.39 is 11.9 Å². The van der Waals surface area contributed by atoms with Crippen molar-refractivity contribution in [3.05, 3.63) is 59.9 Å². The van der Waals surface area contributed by atoms with Gasteiger partial charge in [-0.25, -0.2) is 9.29 Å². The second-order valence-corrected chi connectivity index (χ2v) is 8.64. The number of anilines is 1. The predicted molar refractivity (Wildman–Crippen MR) is 122 cm³/mol. The largest absolute Gasteiger partial charge is 0.494 e. The molecule has 1 aliphatic heterocycles. The van der Waals surface area contributed by atoms with Crippen LogP contribution in [0.2, 0.25) is 0 Å².